The minimum absolute atomic E-state index is 0.529. The summed E-state index contributed by atoms with van der Waals surface area (Å²) in [6.07, 6.45) is 1.44. The van der Waals surface area contributed by atoms with Crippen LogP contribution in [0.3, 0.4) is 0 Å². The highest BCUT2D eigenvalue weighted by molar-refractivity contribution is 6.13. The molecule has 0 bridgehead atoms. The molecule has 0 N–H and O–H groups in total. The molecule has 29 heavy (non-hydrogen) atoms. The number of carbonyl (C=O) groups is 1. The molecule has 0 heterocycles. The lowest BCUT2D eigenvalue weighted by Gasteiger charge is -2.07. The van der Waals surface area contributed by atoms with Gasteiger partial charge >= 0.3 is 0 Å². The topological polar surface area (TPSA) is 29.4 Å². The molecule has 4 rings (SSSR count). The fourth-order valence-electron chi connectivity index (χ4n) is 2.83. The molecule has 0 aliphatic carbocycles. The van der Waals surface area contributed by atoms with Crippen LogP contribution in [-0.2, 0) is 11.2 Å². The SMILES string of the molecule is O=CCc1ccccc1.c1ccc(N=C(c2ccccc2)c2ccccc2)cc1. The number of aliphatic imine (C=N–C) groups is 1. The van der Waals surface area contributed by atoms with Crippen molar-refractivity contribution in [3.8, 4) is 0 Å². The number of aldehydes is 1. The highest BCUT2D eigenvalue weighted by atomic mass is 16.1. The Bertz CT molecular complexity index is 970. The van der Waals surface area contributed by atoms with Crippen LogP contribution >= 0.6 is 0 Å². The molecule has 0 radical (unpaired) electrons. The molecule has 0 aliphatic heterocycles. The van der Waals surface area contributed by atoms with Gasteiger partial charge in [0.15, 0.2) is 0 Å². The Morgan fingerprint density at radius 2 is 1.00 bits per heavy atom. The Hall–Kier alpha value is -3.78. The summed E-state index contributed by atoms with van der Waals surface area (Å²) in [6, 6.07) is 40.3. The Kier molecular flexibility index (Phi) is 7.68. The lowest BCUT2D eigenvalue weighted by atomic mass is 10.0. The number of para-hydroxylation sites is 1. The van der Waals surface area contributed by atoms with Gasteiger partial charge in [0.25, 0.3) is 0 Å². The second kappa shape index (κ2) is 11.2. The lowest BCUT2D eigenvalue weighted by molar-refractivity contribution is -0.107. The van der Waals surface area contributed by atoms with Gasteiger partial charge in [-0.25, -0.2) is 4.99 Å². The van der Waals surface area contributed by atoms with Crippen LogP contribution in [0.5, 0.6) is 0 Å². The molecule has 0 fully saturated rings. The van der Waals surface area contributed by atoms with Crippen LogP contribution in [0.4, 0.5) is 5.69 Å². The third-order valence-corrected chi connectivity index (χ3v) is 4.25. The summed E-state index contributed by atoms with van der Waals surface area (Å²) >= 11 is 0. The van der Waals surface area contributed by atoms with Gasteiger partial charge in [-0.2, -0.15) is 0 Å². The van der Waals surface area contributed by atoms with Crippen LogP contribution in [0, 0.1) is 0 Å². The standard InChI is InChI=1S/C19H15N.C8H8O/c1-4-10-16(11-5-1)19(17-12-6-2-7-13-17)20-18-14-8-3-9-15-18;9-7-6-8-4-2-1-3-5-8/h1-15H;1-5,7H,6H2. The molecule has 0 atom stereocenters. The first kappa shape index (κ1) is 20.0. The van der Waals surface area contributed by atoms with Crippen molar-refractivity contribution in [2.75, 3.05) is 0 Å². The smallest absolute Gasteiger partial charge is 0.124 e. The van der Waals surface area contributed by atoms with E-state index in [2.05, 4.69) is 24.3 Å². The van der Waals surface area contributed by atoms with Gasteiger partial charge in [-0.15, -0.1) is 0 Å². The van der Waals surface area contributed by atoms with Crippen LogP contribution in [-0.4, -0.2) is 12.0 Å². The fourth-order valence-corrected chi connectivity index (χ4v) is 2.83. The molecule has 0 unspecified atom stereocenters. The van der Waals surface area contributed by atoms with Crippen molar-refractivity contribution in [3.63, 3.8) is 0 Å². The van der Waals surface area contributed by atoms with Gasteiger partial charge in [-0.05, 0) is 17.7 Å². The van der Waals surface area contributed by atoms with Gasteiger partial charge < -0.3 is 4.79 Å². The predicted molar refractivity (Wildman–Crippen MR) is 121 cm³/mol. The number of nitrogens with zero attached hydrogens (tertiary/aromatic N) is 1. The van der Waals surface area contributed by atoms with Crippen LogP contribution in [0.2, 0.25) is 0 Å². The molecule has 0 saturated carbocycles. The largest absolute Gasteiger partial charge is 0.303 e. The van der Waals surface area contributed by atoms with Crippen LogP contribution in [0.15, 0.2) is 126 Å². The van der Waals surface area contributed by atoms with Crippen molar-refractivity contribution in [2.45, 2.75) is 6.42 Å². The predicted octanol–water partition coefficient (Wildman–Crippen LogP) is 6.28. The van der Waals surface area contributed by atoms with E-state index in [9.17, 15) is 4.79 Å². The van der Waals surface area contributed by atoms with Gasteiger partial charge in [0.2, 0.25) is 0 Å². The molecule has 0 aromatic heterocycles. The van der Waals surface area contributed by atoms with E-state index >= 15 is 0 Å². The fraction of sp³-hybridized carbons (Fsp3) is 0.0370. The zero-order valence-corrected chi connectivity index (χ0v) is 16.2. The minimum atomic E-state index is 0.529. The monoisotopic (exact) mass is 377 g/mol. The van der Waals surface area contributed by atoms with Crippen molar-refractivity contribution in [3.05, 3.63) is 138 Å². The van der Waals surface area contributed by atoms with Crippen LogP contribution < -0.4 is 0 Å². The van der Waals surface area contributed by atoms with Crippen LogP contribution in [0.1, 0.15) is 16.7 Å². The molecule has 0 aliphatic rings. The third-order valence-electron chi connectivity index (χ3n) is 4.25. The zero-order valence-electron chi connectivity index (χ0n) is 16.2. The first-order valence-electron chi connectivity index (χ1n) is 9.59. The minimum Gasteiger partial charge on any atom is -0.303 e. The Morgan fingerprint density at radius 1 is 0.586 bits per heavy atom. The van der Waals surface area contributed by atoms with Crippen molar-refractivity contribution in [1.29, 1.82) is 0 Å². The molecular formula is C27H23NO. The lowest BCUT2D eigenvalue weighted by Crippen LogP contribution is -2.02. The van der Waals surface area contributed by atoms with E-state index in [4.69, 9.17) is 4.99 Å². The van der Waals surface area contributed by atoms with E-state index in [0.717, 1.165) is 34.4 Å². The number of benzene rings is 4. The number of hydrogen-bond acceptors (Lipinski definition) is 2. The van der Waals surface area contributed by atoms with Gasteiger partial charge in [-0.3, -0.25) is 0 Å². The summed E-state index contributed by atoms with van der Waals surface area (Å²) in [4.78, 5) is 14.8. The molecule has 2 nitrogen and oxygen atoms in total. The summed E-state index contributed by atoms with van der Waals surface area (Å²) in [5, 5.41) is 0. The second-order valence-corrected chi connectivity index (χ2v) is 6.38. The van der Waals surface area contributed by atoms with Gasteiger partial charge in [0.05, 0.1) is 11.4 Å². The molecule has 0 amide bonds. The van der Waals surface area contributed by atoms with Crippen molar-refractivity contribution in [1.82, 2.24) is 0 Å². The Balaban J connectivity index is 0.000000224. The third kappa shape index (κ3) is 6.40. The quantitative estimate of drug-likeness (QED) is 0.297. The Morgan fingerprint density at radius 3 is 1.45 bits per heavy atom. The summed E-state index contributed by atoms with van der Waals surface area (Å²) in [7, 11) is 0. The highest BCUT2D eigenvalue weighted by Gasteiger charge is 2.06. The first-order valence-corrected chi connectivity index (χ1v) is 9.59. The number of carbonyl (C=O) groups excluding carboxylic acids is 1. The molecular weight excluding hydrogens is 354 g/mol. The van der Waals surface area contributed by atoms with Gasteiger partial charge in [0.1, 0.15) is 6.29 Å². The maximum atomic E-state index is 9.97. The molecule has 4 aromatic rings. The molecule has 4 aromatic carbocycles. The molecule has 0 spiro atoms. The van der Waals surface area contributed by atoms with Crippen molar-refractivity contribution >= 4 is 17.7 Å². The van der Waals surface area contributed by atoms with E-state index in [1.807, 2.05) is 97.1 Å². The van der Waals surface area contributed by atoms with E-state index in [1.54, 1.807) is 0 Å². The average molecular weight is 377 g/mol. The summed E-state index contributed by atoms with van der Waals surface area (Å²) in [5.41, 5.74) is 5.30. The van der Waals surface area contributed by atoms with E-state index in [0.29, 0.717) is 6.42 Å². The molecule has 142 valence electrons. The molecule has 0 saturated heterocycles. The highest BCUT2D eigenvalue weighted by Crippen LogP contribution is 2.17. The summed E-state index contributed by atoms with van der Waals surface area (Å²) in [5.74, 6) is 0. The Labute approximate surface area is 172 Å². The van der Waals surface area contributed by atoms with Crippen LogP contribution in [0.25, 0.3) is 0 Å². The number of hydrogen-bond donors (Lipinski definition) is 0. The average Bonchev–Trinajstić information content (AvgIpc) is 2.81. The van der Waals surface area contributed by atoms with Gasteiger partial charge in [0, 0.05) is 17.5 Å². The summed E-state index contributed by atoms with van der Waals surface area (Å²) < 4.78 is 0. The second-order valence-electron chi connectivity index (χ2n) is 6.38. The molecule has 2 heteroatoms. The number of rotatable bonds is 5. The van der Waals surface area contributed by atoms with E-state index < -0.39 is 0 Å². The van der Waals surface area contributed by atoms with E-state index in [1.165, 1.54) is 0 Å². The van der Waals surface area contributed by atoms with Gasteiger partial charge in [-0.1, -0.05) is 109 Å². The normalized spacial score (nSPS) is 9.66. The van der Waals surface area contributed by atoms with E-state index in [-0.39, 0.29) is 0 Å². The maximum Gasteiger partial charge on any atom is 0.124 e. The first-order chi connectivity index (χ1) is 14.4. The maximum absolute atomic E-state index is 9.97. The summed E-state index contributed by atoms with van der Waals surface area (Å²) in [6.45, 7) is 0. The zero-order chi connectivity index (χ0) is 20.2. The van der Waals surface area contributed by atoms with Crippen molar-refractivity contribution < 1.29 is 4.79 Å². The van der Waals surface area contributed by atoms with Crippen molar-refractivity contribution in [2.24, 2.45) is 4.99 Å².